The van der Waals surface area contributed by atoms with E-state index in [0.717, 1.165) is 29.7 Å². The summed E-state index contributed by atoms with van der Waals surface area (Å²) in [5.74, 6) is 0.911. The lowest BCUT2D eigenvalue weighted by Crippen LogP contribution is -2.41. The van der Waals surface area contributed by atoms with E-state index in [9.17, 15) is 0 Å². The van der Waals surface area contributed by atoms with Crippen LogP contribution in [0.4, 0.5) is 0 Å². The molecule has 0 radical (unpaired) electrons. The van der Waals surface area contributed by atoms with Gasteiger partial charge in [-0.1, -0.05) is 18.2 Å². The summed E-state index contributed by atoms with van der Waals surface area (Å²) in [5.41, 5.74) is 2.52. The average Bonchev–Trinajstić information content (AvgIpc) is 2.82. The van der Waals surface area contributed by atoms with Gasteiger partial charge in [0.15, 0.2) is 0 Å². The molecule has 0 amide bonds. The van der Waals surface area contributed by atoms with Gasteiger partial charge in [0, 0.05) is 6.20 Å². The fourth-order valence-corrected chi connectivity index (χ4v) is 3.29. The minimum absolute atomic E-state index is 0.00208. The summed E-state index contributed by atoms with van der Waals surface area (Å²) >= 11 is 0. The van der Waals surface area contributed by atoms with Crippen molar-refractivity contribution in [2.24, 2.45) is 0 Å². The molecule has 3 heterocycles. The van der Waals surface area contributed by atoms with Crippen molar-refractivity contribution < 1.29 is 14.0 Å². The van der Waals surface area contributed by atoms with Gasteiger partial charge in [-0.2, -0.15) is 0 Å². The van der Waals surface area contributed by atoms with E-state index >= 15 is 0 Å². The summed E-state index contributed by atoms with van der Waals surface area (Å²) in [5, 5.41) is 0. The molecule has 0 saturated carbocycles. The number of hydrogen-bond donors (Lipinski definition) is 0. The SMILES string of the molecule is CC1(C)OB(c2ccc3c(c2)OC(c2ccccn2)CC3)OC1(C)C. The summed E-state index contributed by atoms with van der Waals surface area (Å²) in [7, 11) is -0.367. The topological polar surface area (TPSA) is 40.6 Å². The minimum Gasteiger partial charge on any atom is -0.484 e. The Labute approximate surface area is 149 Å². The van der Waals surface area contributed by atoms with Crippen LogP contribution in [0.2, 0.25) is 0 Å². The van der Waals surface area contributed by atoms with E-state index in [1.54, 1.807) is 0 Å². The first-order chi connectivity index (χ1) is 11.9. The van der Waals surface area contributed by atoms with Crippen molar-refractivity contribution in [2.45, 2.75) is 57.8 Å². The van der Waals surface area contributed by atoms with E-state index in [-0.39, 0.29) is 24.4 Å². The van der Waals surface area contributed by atoms with Gasteiger partial charge in [0.25, 0.3) is 0 Å². The molecule has 0 spiro atoms. The summed E-state index contributed by atoms with van der Waals surface area (Å²) < 4.78 is 18.6. The van der Waals surface area contributed by atoms with E-state index in [2.05, 4.69) is 50.9 Å². The van der Waals surface area contributed by atoms with Crippen molar-refractivity contribution in [3.8, 4) is 5.75 Å². The Morgan fingerprint density at radius 1 is 1.04 bits per heavy atom. The Hall–Kier alpha value is -1.85. The van der Waals surface area contributed by atoms with Crippen LogP contribution in [0.1, 0.15) is 51.5 Å². The van der Waals surface area contributed by atoms with Gasteiger partial charge in [0.1, 0.15) is 11.9 Å². The number of hydrogen-bond acceptors (Lipinski definition) is 4. The van der Waals surface area contributed by atoms with Crippen LogP contribution in [0.25, 0.3) is 0 Å². The van der Waals surface area contributed by atoms with Gasteiger partial charge in [-0.25, -0.2) is 0 Å². The maximum Gasteiger partial charge on any atom is 0.494 e. The molecular formula is C20H24BNO3. The third kappa shape index (κ3) is 2.96. The number of ether oxygens (including phenoxy) is 1. The van der Waals surface area contributed by atoms with Gasteiger partial charge < -0.3 is 14.0 Å². The summed E-state index contributed by atoms with van der Waals surface area (Å²) in [6, 6.07) is 12.2. The van der Waals surface area contributed by atoms with Crippen molar-refractivity contribution >= 4 is 12.6 Å². The molecule has 2 aromatic rings. The standard InChI is InChI=1S/C20H24BNO3/c1-19(2)20(3,4)25-21(24-19)15-10-8-14-9-11-17(23-18(14)13-15)16-7-5-6-12-22-16/h5-8,10,12-13,17H,9,11H2,1-4H3. The Kier molecular flexibility index (Phi) is 3.89. The number of pyridine rings is 1. The Bertz CT molecular complexity index is 760. The van der Waals surface area contributed by atoms with Gasteiger partial charge in [-0.15, -0.1) is 0 Å². The molecule has 1 unspecified atom stereocenters. The number of rotatable bonds is 2. The first kappa shape index (κ1) is 16.6. The number of fused-ring (bicyclic) bond motifs is 1. The van der Waals surface area contributed by atoms with Crippen LogP contribution in [0.3, 0.4) is 0 Å². The zero-order chi connectivity index (χ0) is 17.7. The molecule has 0 N–H and O–H groups in total. The number of benzene rings is 1. The van der Waals surface area contributed by atoms with Gasteiger partial charge in [0.2, 0.25) is 0 Å². The van der Waals surface area contributed by atoms with E-state index in [1.165, 1.54) is 5.56 Å². The molecule has 1 saturated heterocycles. The summed E-state index contributed by atoms with van der Waals surface area (Å²) in [4.78, 5) is 4.44. The number of nitrogens with zero attached hydrogens (tertiary/aromatic N) is 1. The molecule has 25 heavy (non-hydrogen) atoms. The van der Waals surface area contributed by atoms with Crippen molar-refractivity contribution in [3.63, 3.8) is 0 Å². The monoisotopic (exact) mass is 337 g/mol. The summed E-state index contributed by atoms with van der Waals surface area (Å²) in [6.07, 6.45) is 3.75. The molecule has 0 bridgehead atoms. The van der Waals surface area contributed by atoms with E-state index in [4.69, 9.17) is 14.0 Å². The lowest BCUT2D eigenvalue weighted by Gasteiger charge is -2.32. The van der Waals surface area contributed by atoms with E-state index in [0.29, 0.717) is 0 Å². The minimum atomic E-state index is -0.367. The smallest absolute Gasteiger partial charge is 0.484 e. The highest BCUT2D eigenvalue weighted by molar-refractivity contribution is 6.62. The second kappa shape index (κ2) is 5.85. The molecule has 2 aliphatic rings. The molecule has 1 fully saturated rings. The fraction of sp³-hybridized carbons (Fsp3) is 0.450. The van der Waals surface area contributed by atoms with Crippen LogP contribution < -0.4 is 10.2 Å². The molecule has 0 aliphatic carbocycles. The molecule has 5 heteroatoms. The Balaban J connectivity index is 1.59. The molecule has 1 aromatic heterocycles. The van der Waals surface area contributed by atoms with Crippen LogP contribution in [-0.4, -0.2) is 23.3 Å². The number of aryl methyl sites for hydroxylation is 1. The molecular weight excluding hydrogens is 313 g/mol. The normalized spacial score (nSPS) is 23.8. The number of aromatic nitrogens is 1. The van der Waals surface area contributed by atoms with Crippen molar-refractivity contribution in [2.75, 3.05) is 0 Å². The summed E-state index contributed by atoms with van der Waals surface area (Å²) in [6.45, 7) is 8.27. The average molecular weight is 337 g/mol. The third-order valence-electron chi connectivity index (χ3n) is 5.58. The predicted molar refractivity (Wildman–Crippen MR) is 98.1 cm³/mol. The van der Waals surface area contributed by atoms with E-state index in [1.807, 2.05) is 24.4 Å². The molecule has 1 atom stereocenters. The van der Waals surface area contributed by atoms with Gasteiger partial charge in [-0.3, -0.25) is 4.98 Å². The maximum absolute atomic E-state index is 6.25. The molecule has 4 nitrogen and oxygen atoms in total. The lowest BCUT2D eigenvalue weighted by atomic mass is 9.78. The lowest BCUT2D eigenvalue weighted by molar-refractivity contribution is 0.00578. The quantitative estimate of drug-likeness (QED) is 0.787. The van der Waals surface area contributed by atoms with Gasteiger partial charge in [0.05, 0.1) is 16.9 Å². The second-order valence-corrected chi connectivity index (χ2v) is 7.86. The van der Waals surface area contributed by atoms with Gasteiger partial charge >= 0.3 is 7.12 Å². The second-order valence-electron chi connectivity index (χ2n) is 7.86. The predicted octanol–water partition coefficient (Wildman–Crippen LogP) is 3.45. The molecule has 2 aliphatic heterocycles. The maximum atomic E-state index is 6.25. The van der Waals surface area contributed by atoms with E-state index < -0.39 is 0 Å². The van der Waals surface area contributed by atoms with Crippen molar-refractivity contribution in [1.29, 1.82) is 0 Å². The Morgan fingerprint density at radius 3 is 2.48 bits per heavy atom. The van der Waals surface area contributed by atoms with Crippen LogP contribution >= 0.6 is 0 Å². The van der Waals surface area contributed by atoms with Crippen LogP contribution in [0.5, 0.6) is 5.75 Å². The first-order valence-electron chi connectivity index (χ1n) is 8.92. The van der Waals surface area contributed by atoms with Crippen LogP contribution in [0.15, 0.2) is 42.6 Å². The molecule has 1 aromatic carbocycles. The van der Waals surface area contributed by atoms with Crippen molar-refractivity contribution in [1.82, 2.24) is 4.98 Å². The fourth-order valence-electron chi connectivity index (χ4n) is 3.29. The zero-order valence-electron chi connectivity index (χ0n) is 15.3. The highest BCUT2D eigenvalue weighted by atomic mass is 16.7. The third-order valence-corrected chi connectivity index (χ3v) is 5.58. The molecule has 4 rings (SSSR count). The molecule has 130 valence electrons. The zero-order valence-corrected chi connectivity index (χ0v) is 15.3. The first-order valence-corrected chi connectivity index (χ1v) is 8.92. The largest absolute Gasteiger partial charge is 0.494 e. The Morgan fingerprint density at radius 2 is 1.80 bits per heavy atom. The highest BCUT2D eigenvalue weighted by Crippen LogP contribution is 2.38. The van der Waals surface area contributed by atoms with Gasteiger partial charge in [-0.05, 0) is 69.8 Å². The highest BCUT2D eigenvalue weighted by Gasteiger charge is 2.51. The van der Waals surface area contributed by atoms with Crippen LogP contribution in [-0.2, 0) is 15.7 Å². The van der Waals surface area contributed by atoms with Crippen molar-refractivity contribution in [3.05, 3.63) is 53.9 Å². The van der Waals surface area contributed by atoms with Crippen LogP contribution in [0, 0.1) is 0 Å².